The number of hydrogen-bond donors (Lipinski definition) is 1. The van der Waals surface area contributed by atoms with E-state index < -0.39 is 0 Å². The molecule has 0 unspecified atom stereocenters. The average Bonchev–Trinajstić information content (AvgIpc) is 1.69. The van der Waals surface area contributed by atoms with E-state index in [0.29, 0.717) is 0 Å². The van der Waals surface area contributed by atoms with Crippen LogP contribution in [0.25, 0.3) is 0 Å². The fourth-order valence-corrected chi connectivity index (χ4v) is 0.344. The fraction of sp³-hybridized carbons (Fsp3) is 0. The van der Waals surface area contributed by atoms with Crippen LogP contribution in [0.15, 0.2) is 24.5 Å². The summed E-state index contributed by atoms with van der Waals surface area (Å²) in [5.74, 6) is 0.259. The van der Waals surface area contributed by atoms with Crippen molar-refractivity contribution in [3.63, 3.8) is 0 Å². The van der Waals surface area contributed by atoms with E-state index in [0.717, 1.165) is 0 Å². The predicted molar refractivity (Wildman–Crippen MR) is 25.9 cm³/mol. The Balaban J connectivity index is -0.0000000612. The van der Waals surface area contributed by atoms with Crippen molar-refractivity contribution in [2.45, 2.75) is 0 Å². The van der Waals surface area contributed by atoms with E-state index >= 15 is 0 Å². The maximum Gasteiger partial charge on any atom is 3.00 e. The van der Waals surface area contributed by atoms with Crippen LogP contribution in [0.3, 0.4) is 0 Å². The molecule has 61 valence electrons. The SMILES string of the molecule is Oc1ccncc1.[I-].[I-].[I-].[Zr+3]. The van der Waals surface area contributed by atoms with Crippen LogP contribution in [0.4, 0.5) is 0 Å². The van der Waals surface area contributed by atoms with Gasteiger partial charge in [0.2, 0.25) is 0 Å². The van der Waals surface area contributed by atoms with Crippen molar-refractivity contribution in [3.05, 3.63) is 24.5 Å². The van der Waals surface area contributed by atoms with Crippen LogP contribution in [0.2, 0.25) is 0 Å². The predicted octanol–water partition coefficient (Wildman–Crippen LogP) is -8.20. The molecule has 0 fully saturated rings. The minimum Gasteiger partial charge on any atom is -1.00 e. The van der Waals surface area contributed by atoms with E-state index in [9.17, 15) is 0 Å². The van der Waals surface area contributed by atoms with E-state index in [1.54, 1.807) is 0 Å². The van der Waals surface area contributed by atoms with Gasteiger partial charge in [-0.1, -0.05) is 0 Å². The third kappa shape index (κ3) is 12.0. The van der Waals surface area contributed by atoms with E-state index in [4.69, 9.17) is 5.11 Å². The van der Waals surface area contributed by atoms with Gasteiger partial charge in [0.25, 0.3) is 0 Å². The Kier molecular flexibility index (Phi) is 30.6. The van der Waals surface area contributed by atoms with Crippen LogP contribution < -0.4 is 71.9 Å². The quantitative estimate of drug-likeness (QED) is 0.317. The molecule has 1 radical (unpaired) electrons. The second-order valence-corrected chi connectivity index (χ2v) is 1.21. The number of aromatic hydroxyl groups is 1. The molecule has 0 aromatic carbocycles. The second-order valence-electron chi connectivity index (χ2n) is 1.21. The molecule has 1 N–H and O–H groups in total. The summed E-state index contributed by atoms with van der Waals surface area (Å²) in [5.41, 5.74) is 0. The molecule has 0 aliphatic carbocycles. The molecule has 1 heterocycles. The maximum absolute atomic E-state index is 8.59. The van der Waals surface area contributed by atoms with Crippen molar-refractivity contribution in [3.8, 4) is 5.75 Å². The zero-order valence-electron chi connectivity index (χ0n) is 5.34. The largest absolute Gasteiger partial charge is 3.00 e. The van der Waals surface area contributed by atoms with Gasteiger partial charge in [-0.25, -0.2) is 0 Å². The average molecular weight is 567 g/mol. The normalized spacial score (nSPS) is 5.45. The van der Waals surface area contributed by atoms with Crippen molar-refractivity contribution in [2.75, 3.05) is 0 Å². The summed E-state index contributed by atoms with van der Waals surface area (Å²) >= 11 is 0. The molecular weight excluding hydrogens is 562 g/mol. The van der Waals surface area contributed by atoms with Crippen LogP contribution in [-0.2, 0) is 26.2 Å². The molecule has 0 bridgehead atoms. The Morgan fingerprint density at radius 3 is 1.55 bits per heavy atom. The summed E-state index contributed by atoms with van der Waals surface area (Å²) in [6.45, 7) is 0. The van der Waals surface area contributed by atoms with Crippen LogP contribution in [0, 0.1) is 0 Å². The first kappa shape index (κ1) is 23.1. The second kappa shape index (κ2) is 14.5. The Hall–Kier alpha value is 2.02. The van der Waals surface area contributed by atoms with Crippen molar-refractivity contribution >= 4 is 0 Å². The van der Waals surface area contributed by atoms with Gasteiger partial charge in [0.1, 0.15) is 5.75 Å². The van der Waals surface area contributed by atoms with Gasteiger partial charge in [0.05, 0.1) is 0 Å². The molecule has 0 spiro atoms. The molecule has 0 aliphatic rings. The zero-order chi connectivity index (χ0) is 5.11. The summed E-state index contributed by atoms with van der Waals surface area (Å²) in [7, 11) is 0. The van der Waals surface area contributed by atoms with Crippen LogP contribution in [0.1, 0.15) is 0 Å². The van der Waals surface area contributed by atoms with Gasteiger partial charge < -0.3 is 77.0 Å². The standard InChI is InChI=1S/C5H5NO.3HI.Zr/c7-5-1-3-6-4-2-5;;;;/h1-4H,(H,6,7);3*1H;/q;;;;+3/p-3. The number of pyridine rings is 1. The molecular formula is C5H5I3NOZr. The van der Waals surface area contributed by atoms with Crippen molar-refractivity contribution < 1.29 is 103 Å². The summed E-state index contributed by atoms with van der Waals surface area (Å²) in [4.78, 5) is 3.69. The molecule has 1 rings (SSSR count). The number of rotatable bonds is 0. The van der Waals surface area contributed by atoms with Gasteiger partial charge in [-0.2, -0.15) is 0 Å². The molecule has 0 saturated carbocycles. The van der Waals surface area contributed by atoms with Crippen LogP contribution in [-0.4, -0.2) is 10.1 Å². The molecule has 0 atom stereocenters. The number of aromatic nitrogens is 1. The molecule has 0 amide bonds. The molecule has 2 nitrogen and oxygen atoms in total. The van der Waals surface area contributed by atoms with Crippen LogP contribution >= 0.6 is 0 Å². The van der Waals surface area contributed by atoms with Gasteiger partial charge in [0.15, 0.2) is 0 Å². The number of hydrogen-bond acceptors (Lipinski definition) is 2. The summed E-state index contributed by atoms with van der Waals surface area (Å²) < 4.78 is 0. The third-order valence-electron chi connectivity index (χ3n) is 0.663. The Labute approximate surface area is 136 Å². The molecule has 11 heavy (non-hydrogen) atoms. The summed E-state index contributed by atoms with van der Waals surface area (Å²) in [5, 5.41) is 8.59. The number of halogens is 3. The van der Waals surface area contributed by atoms with Gasteiger partial charge in [-0.3, -0.25) is 4.98 Å². The van der Waals surface area contributed by atoms with Gasteiger partial charge in [-0.15, -0.1) is 0 Å². The maximum atomic E-state index is 8.59. The van der Waals surface area contributed by atoms with Crippen LogP contribution in [0.5, 0.6) is 5.75 Å². The van der Waals surface area contributed by atoms with E-state index in [-0.39, 0.29) is 104 Å². The first-order chi connectivity index (χ1) is 3.39. The van der Waals surface area contributed by atoms with E-state index in [1.807, 2.05) is 0 Å². The van der Waals surface area contributed by atoms with E-state index in [1.165, 1.54) is 24.5 Å². The number of nitrogens with zero attached hydrogens (tertiary/aromatic N) is 1. The monoisotopic (exact) mass is 566 g/mol. The smallest absolute Gasteiger partial charge is 1.00 e. The molecule has 6 heteroatoms. The molecule has 0 aliphatic heterocycles. The van der Waals surface area contributed by atoms with Crippen molar-refractivity contribution in [1.29, 1.82) is 0 Å². The Bertz CT molecular complexity index is 152. The zero-order valence-corrected chi connectivity index (χ0v) is 14.3. The minimum absolute atomic E-state index is 0. The Morgan fingerprint density at radius 2 is 1.36 bits per heavy atom. The fourth-order valence-electron chi connectivity index (χ4n) is 0.344. The summed E-state index contributed by atoms with van der Waals surface area (Å²) in [6, 6.07) is 3.06. The molecule has 1 aromatic heterocycles. The molecule has 1 aromatic rings. The Morgan fingerprint density at radius 1 is 1.00 bits per heavy atom. The van der Waals surface area contributed by atoms with E-state index in [2.05, 4.69) is 4.98 Å². The van der Waals surface area contributed by atoms with Gasteiger partial charge >= 0.3 is 26.2 Å². The first-order valence-corrected chi connectivity index (χ1v) is 1.98. The van der Waals surface area contributed by atoms with Crippen molar-refractivity contribution in [2.24, 2.45) is 0 Å². The summed E-state index contributed by atoms with van der Waals surface area (Å²) in [6.07, 6.45) is 3.07. The minimum atomic E-state index is 0. The van der Waals surface area contributed by atoms with Crippen molar-refractivity contribution in [1.82, 2.24) is 4.98 Å². The van der Waals surface area contributed by atoms with Gasteiger partial charge in [-0.05, 0) is 12.1 Å². The van der Waals surface area contributed by atoms with Gasteiger partial charge in [0, 0.05) is 12.4 Å². The molecule has 0 saturated heterocycles. The third-order valence-corrected chi connectivity index (χ3v) is 0.663. The topological polar surface area (TPSA) is 33.1 Å². The first-order valence-electron chi connectivity index (χ1n) is 1.98.